The molecular formula is C27H25F2N3. The third-order valence-corrected chi connectivity index (χ3v) is 6.17. The van der Waals surface area contributed by atoms with Crippen molar-refractivity contribution in [1.82, 2.24) is 14.5 Å². The van der Waals surface area contributed by atoms with E-state index in [1.54, 1.807) is 0 Å². The Morgan fingerprint density at radius 1 is 0.875 bits per heavy atom. The average Bonchev–Trinajstić information content (AvgIpc) is 3.14. The monoisotopic (exact) mass is 429 g/mol. The summed E-state index contributed by atoms with van der Waals surface area (Å²) in [4.78, 5) is 6.65. The van der Waals surface area contributed by atoms with Crippen molar-refractivity contribution in [3.8, 4) is 16.8 Å². The summed E-state index contributed by atoms with van der Waals surface area (Å²) in [7, 11) is 2.12. The van der Waals surface area contributed by atoms with Crippen molar-refractivity contribution in [1.29, 1.82) is 0 Å². The van der Waals surface area contributed by atoms with Crippen LogP contribution in [0.2, 0.25) is 0 Å². The molecule has 0 fully saturated rings. The number of rotatable bonds is 4. The Labute approximate surface area is 187 Å². The summed E-state index contributed by atoms with van der Waals surface area (Å²) in [5.74, 6) is -0.952. The van der Waals surface area contributed by atoms with Gasteiger partial charge in [0.2, 0.25) is 0 Å². The molecule has 0 N–H and O–H groups in total. The summed E-state index contributed by atoms with van der Waals surface area (Å²) >= 11 is 0. The molecule has 1 aliphatic heterocycles. The van der Waals surface area contributed by atoms with Gasteiger partial charge in [-0.15, -0.1) is 0 Å². The molecular weight excluding hydrogens is 404 g/mol. The summed E-state index contributed by atoms with van der Waals surface area (Å²) < 4.78 is 30.1. The van der Waals surface area contributed by atoms with Crippen molar-refractivity contribution in [2.45, 2.75) is 32.9 Å². The quantitative estimate of drug-likeness (QED) is 0.405. The molecule has 3 nitrogen and oxygen atoms in total. The molecule has 32 heavy (non-hydrogen) atoms. The van der Waals surface area contributed by atoms with Gasteiger partial charge in [-0.05, 0) is 78.9 Å². The standard InChI is InChI=1S/C27H25F2N3/c1-18-14-32(17-30-18)22-9-8-20-15-31(2)16-21-12-19(6-10-23(21)25(20)13-22)7-11-24-26(28)4-3-5-27(24)29/h3-6,8-10,12-14,17H,7,11,15-16H2,1-2H3. The molecule has 0 atom stereocenters. The number of aryl methyl sites for hydroxylation is 2. The van der Waals surface area contributed by atoms with Crippen LogP contribution in [-0.2, 0) is 25.9 Å². The molecule has 0 spiro atoms. The van der Waals surface area contributed by atoms with Gasteiger partial charge in [0.25, 0.3) is 0 Å². The van der Waals surface area contributed by atoms with E-state index < -0.39 is 11.6 Å². The van der Waals surface area contributed by atoms with Gasteiger partial charge in [0.15, 0.2) is 0 Å². The van der Waals surface area contributed by atoms with Crippen LogP contribution in [-0.4, -0.2) is 21.5 Å². The van der Waals surface area contributed by atoms with Crippen molar-refractivity contribution in [2.75, 3.05) is 7.05 Å². The maximum Gasteiger partial charge on any atom is 0.129 e. The fourth-order valence-electron chi connectivity index (χ4n) is 4.55. The molecule has 5 heteroatoms. The molecule has 5 rings (SSSR count). The van der Waals surface area contributed by atoms with E-state index >= 15 is 0 Å². The van der Waals surface area contributed by atoms with Crippen LogP contribution in [0, 0.1) is 18.6 Å². The van der Waals surface area contributed by atoms with E-state index in [1.165, 1.54) is 40.5 Å². The third kappa shape index (κ3) is 3.96. The Balaban J connectivity index is 1.49. The summed E-state index contributed by atoms with van der Waals surface area (Å²) in [6.45, 7) is 3.67. The van der Waals surface area contributed by atoms with Crippen molar-refractivity contribution in [3.63, 3.8) is 0 Å². The van der Waals surface area contributed by atoms with Crippen LogP contribution in [0.3, 0.4) is 0 Å². The Morgan fingerprint density at radius 2 is 1.66 bits per heavy atom. The van der Waals surface area contributed by atoms with Gasteiger partial charge in [-0.25, -0.2) is 13.8 Å². The van der Waals surface area contributed by atoms with E-state index in [0.717, 1.165) is 30.0 Å². The Kier molecular flexibility index (Phi) is 5.35. The SMILES string of the molecule is Cc1cn(-c2ccc3c(c2)-c2ccc(CCc4c(F)cccc4F)cc2CN(C)C3)cn1. The lowest BCUT2D eigenvalue weighted by atomic mass is 9.93. The number of fused-ring (bicyclic) bond motifs is 3. The van der Waals surface area contributed by atoms with Crippen LogP contribution in [0.4, 0.5) is 8.78 Å². The summed E-state index contributed by atoms with van der Waals surface area (Å²) in [5, 5.41) is 0. The number of aromatic nitrogens is 2. The normalized spacial score (nSPS) is 13.5. The minimum atomic E-state index is -0.476. The number of imidazole rings is 1. The van der Waals surface area contributed by atoms with Gasteiger partial charge in [-0.1, -0.05) is 30.3 Å². The van der Waals surface area contributed by atoms with Gasteiger partial charge >= 0.3 is 0 Å². The highest BCUT2D eigenvalue weighted by atomic mass is 19.1. The van der Waals surface area contributed by atoms with E-state index in [1.807, 2.05) is 24.0 Å². The highest BCUT2D eigenvalue weighted by molar-refractivity contribution is 5.74. The number of hydrogen-bond acceptors (Lipinski definition) is 2. The van der Waals surface area contributed by atoms with E-state index in [2.05, 4.69) is 53.3 Å². The zero-order valence-corrected chi connectivity index (χ0v) is 18.3. The minimum absolute atomic E-state index is 0.158. The summed E-state index contributed by atoms with van der Waals surface area (Å²) in [5.41, 5.74) is 8.26. The van der Waals surface area contributed by atoms with Crippen molar-refractivity contribution in [3.05, 3.63) is 107 Å². The van der Waals surface area contributed by atoms with Crippen molar-refractivity contribution < 1.29 is 8.78 Å². The second-order valence-electron chi connectivity index (χ2n) is 8.63. The number of benzene rings is 3. The predicted molar refractivity (Wildman–Crippen MR) is 123 cm³/mol. The molecule has 2 heterocycles. The first-order valence-corrected chi connectivity index (χ1v) is 10.9. The lowest BCUT2D eigenvalue weighted by molar-refractivity contribution is 0.323. The minimum Gasteiger partial charge on any atom is -0.306 e. The molecule has 162 valence electrons. The second-order valence-corrected chi connectivity index (χ2v) is 8.63. The molecule has 0 unspecified atom stereocenters. The van der Waals surface area contributed by atoms with E-state index in [4.69, 9.17) is 0 Å². The highest BCUT2D eigenvalue weighted by Gasteiger charge is 2.19. The number of nitrogens with zero attached hydrogens (tertiary/aromatic N) is 3. The number of hydrogen-bond donors (Lipinski definition) is 0. The Bertz CT molecular complexity index is 1270. The van der Waals surface area contributed by atoms with E-state index in [-0.39, 0.29) is 5.56 Å². The molecule has 1 aromatic heterocycles. The van der Waals surface area contributed by atoms with Crippen LogP contribution >= 0.6 is 0 Å². The zero-order chi connectivity index (χ0) is 22.2. The summed E-state index contributed by atoms with van der Waals surface area (Å²) in [6, 6.07) is 17.0. The van der Waals surface area contributed by atoms with E-state index in [9.17, 15) is 8.78 Å². The van der Waals surface area contributed by atoms with Gasteiger partial charge in [0, 0.05) is 30.5 Å². The molecule has 0 radical (unpaired) electrons. The molecule has 3 aromatic carbocycles. The van der Waals surface area contributed by atoms with Gasteiger partial charge in [-0.3, -0.25) is 4.90 Å². The lowest BCUT2D eigenvalue weighted by Gasteiger charge is -2.15. The van der Waals surface area contributed by atoms with Crippen molar-refractivity contribution >= 4 is 0 Å². The molecule has 0 bridgehead atoms. The molecule has 0 amide bonds. The fourth-order valence-corrected chi connectivity index (χ4v) is 4.55. The van der Waals surface area contributed by atoms with Gasteiger partial charge in [0.1, 0.15) is 11.6 Å². The highest BCUT2D eigenvalue weighted by Crippen LogP contribution is 2.34. The van der Waals surface area contributed by atoms with Crippen LogP contribution < -0.4 is 0 Å². The van der Waals surface area contributed by atoms with Crippen LogP contribution in [0.5, 0.6) is 0 Å². The maximum atomic E-state index is 14.0. The first-order valence-electron chi connectivity index (χ1n) is 10.9. The smallest absolute Gasteiger partial charge is 0.129 e. The topological polar surface area (TPSA) is 21.1 Å². The molecule has 4 aromatic rings. The van der Waals surface area contributed by atoms with Crippen LogP contribution in [0.15, 0.2) is 67.1 Å². The van der Waals surface area contributed by atoms with Crippen LogP contribution in [0.1, 0.15) is 27.9 Å². The third-order valence-electron chi connectivity index (χ3n) is 6.17. The summed E-state index contributed by atoms with van der Waals surface area (Å²) in [6.07, 6.45) is 4.80. The Hall–Kier alpha value is -3.31. The fraction of sp³-hybridized carbons (Fsp3) is 0.222. The van der Waals surface area contributed by atoms with Gasteiger partial charge < -0.3 is 4.57 Å². The van der Waals surface area contributed by atoms with Crippen molar-refractivity contribution in [2.24, 2.45) is 0 Å². The largest absolute Gasteiger partial charge is 0.306 e. The first kappa shape index (κ1) is 20.6. The number of halogens is 2. The predicted octanol–water partition coefficient (Wildman–Crippen LogP) is 5.86. The lowest BCUT2D eigenvalue weighted by Crippen LogP contribution is -2.15. The molecule has 0 saturated carbocycles. The average molecular weight is 430 g/mol. The zero-order valence-electron chi connectivity index (χ0n) is 18.3. The van der Waals surface area contributed by atoms with Gasteiger partial charge in [0.05, 0.1) is 12.0 Å². The van der Waals surface area contributed by atoms with Gasteiger partial charge in [-0.2, -0.15) is 0 Å². The van der Waals surface area contributed by atoms with Crippen LogP contribution in [0.25, 0.3) is 16.8 Å². The maximum absolute atomic E-state index is 14.0. The Morgan fingerprint density at radius 3 is 2.41 bits per heavy atom. The molecule has 0 saturated heterocycles. The molecule has 1 aliphatic rings. The second kappa shape index (κ2) is 8.32. The molecule has 0 aliphatic carbocycles. The first-order chi connectivity index (χ1) is 15.5. The van der Waals surface area contributed by atoms with E-state index in [0.29, 0.717) is 12.8 Å².